The van der Waals surface area contributed by atoms with E-state index in [1.807, 2.05) is 0 Å². The Hall–Kier alpha value is -7.94. The van der Waals surface area contributed by atoms with Gasteiger partial charge in [0.05, 0.1) is 71.6 Å². The molecule has 0 N–H and O–H groups in total. The largest absolute Gasteiger partial charge is 0.310 e. The second-order valence-electron chi connectivity index (χ2n) is 12.3. The van der Waals surface area contributed by atoms with Crippen molar-refractivity contribution < 1.29 is 54.8 Å². The number of anilines is 3. The van der Waals surface area contributed by atoms with Crippen molar-refractivity contribution in [3.63, 3.8) is 0 Å². The van der Waals surface area contributed by atoms with E-state index in [4.69, 9.17) is 31.5 Å². The van der Waals surface area contributed by atoms with Crippen LogP contribution < -0.4 is 4.90 Å². The van der Waals surface area contributed by atoms with Crippen LogP contribution in [-0.2, 0) is 0 Å². The molecule has 11 rings (SSSR count). The van der Waals surface area contributed by atoms with Crippen molar-refractivity contribution in [3.05, 3.63) is 242 Å². The second kappa shape index (κ2) is 15.1. The number of hydrogen-bond donors (Lipinski definition) is 0. The normalized spacial score (nSPS) is 20.7. The van der Waals surface area contributed by atoms with E-state index in [1.165, 1.54) is 0 Å². The van der Waals surface area contributed by atoms with E-state index in [2.05, 4.69) is 0 Å². The first-order valence-electron chi connectivity index (χ1n) is 37.3. The lowest BCUT2D eigenvalue weighted by Gasteiger charge is -2.28. The maximum atomic E-state index is 9.91. The van der Waals surface area contributed by atoms with Gasteiger partial charge in [-0.15, -0.1) is 0 Å². The summed E-state index contributed by atoms with van der Waals surface area (Å²) in [5.41, 5.74) is -14.6. The highest BCUT2D eigenvalue weighted by atomic mass is 15.1. The van der Waals surface area contributed by atoms with E-state index >= 15 is 0 Å². The molecule has 2 heteroatoms. The highest BCUT2D eigenvalue weighted by Gasteiger charge is 2.18. The van der Waals surface area contributed by atoms with Gasteiger partial charge in [-0.25, -0.2) is 0 Å². The van der Waals surface area contributed by atoms with Gasteiger partial charge in [0.1, 0.15) is 0 Å². The lowest BCUT2D eigenvalue weighted by molar-refractivity contribution is 1.19. The first kappa shape index (κ1) is 13.0. The van der Waals surface area contributed by atoms with Crippen molar-refractivity contribution >= 4 is 49.6 Å². The molecular weight excluding hydrogens is 725 g/mol. The fourth-order valence-corrected chi connectivity index (χ4v) is 6.13. The van der Waals surface area contributed by atoms with Gasteiger partial charge in [-0.05, 0) is 110 Å². The molecule has 0 atom stereocenters. The maximum absolute atomic E-state index is 9.91. The van der Waals surface area contributed by atoms with Crippen LogP contribution in [0.1, 0.15) is 54.8 Å². The summed E-state index contributed by atoms with van der Waals surface area (Å²) < 4.78 is 364. The third kappa shape index (κ3) is 6.41. The average molecular weight is 805 g/mol. The van der Waals surface area contributed by atoms with Crippen molar-refractivity contribution in [2.24, 2.45) is 0 Å². The molecule has 0 fully saturated rings. The Bertz CT molecular complexity index is 5530. The second-order valence-corrected chi connectivity index (χ2v) is 12.3. The van der Waals surface area contributed by atoms with Crippen LogP contribution in [0.25, 0.3) is 82.8 Å². The van der Waals surface area contributed by atoms with Crippen LogP contribution in [0.15, 0.2) is 242 Å². The van der Waals surface area contributed by atoms with Crippen molar-refractivity contribution in [1.82, 2.24) is 4.57 Å². The van der Waals surface area contributed by atoms with Crippen molar-refractivity contribution in [1.29, 1.82) is 0 Å². The van der Waals surface area contributed by atoms with E-state index in [-0.39, 0.29) is 4.90 Å². The number of nitrogens with zero attached hydrogens (tertiary/aromatic N) is 2. The summed E-state index contributed by atoms with van der Waals surface area (Å²) in [5.74, 6) is 0. The Kier molecular flexibility index (Phi) is 3.28. The van der Waals surface area contributed by atoms with Crippen LogP contribution in [-0.4, -0.2) is 4.57 Å². The summed E-state index contributed by atoms with van der Waals surface area (Å²) in [5, 5.41) is -2.80. The van der Waals surface area contributed by atoms with Crippen LogP contribution in [0.4, 0.5) is 17.1 Å². The number of para-hydroxylation sites is 2. The van der Waals surface area contributed by atoms with E-state index in [0.29, 0.717) is 4.57 Å². The van der Waals surface area contributed by atoms with Crippen molar-refractivity contribution in [3.8, 4) is 50.2 Å². The Morgan fingerprint density at radius 1 is 0.317 bits per heavy atom. The molecule has 282 valence electrons. The molecule has 0 amide bonds. The predicted octanol–water partition coefficient (Wildman–Crippen LogP) is 16.1. The minimum Gasteiger partial charge on any atom is -0.310 e. The molecule has 1 aromatic heterocycles. The maximum Gasteiger partial charge on any atom is 0.0651 e. The van der Waals surface area contributed by atoms with E-state index in [1.54, 1.807) is 0 Å². The minimum atomic E-state index is -1.48. The Morgan fingerprint density at radius 3 is 1.48 bits per heavy atom. The Labute approximate surface area is 406 Å². The number of rotatable bonds is 8. The molecule has 2 nitrogen and oxygen atoms in total. The van der Waals surface area contributed by atoms with E-state index in [9.17, 15) is 23.3 Å². The number of hydrogen-bond acceptors (Lipinski definition) is 1. The first-order valence-corrected chi connectivity index (χ1v) is 17.3. The summed E-state index contributed by atoms with van der Waals surface area (Å²) in [6.07, 6.45) is 0. The average Bonchev–Trinajstić information content (AvgIpc) is 1.43. The van der Waals surface area contributed by atoms with Gasteiger partial charge >= 0.3 is 0 Å². The summed E-state index contributed by atoms with van der Waals surface area (Å²) in [6, 6.07) is -45.6. The molecule has 11 aromatic rings. The number of aromatic nitrogens is 1. The van der Waals surface area contributed by atoms with Gasteiger partial charge in [-0.3, -0.25) is 0 Å². The molecule has 60 heavy (non-hydrogen) atoms. The van der Waals surface area contributed by atoms with Crippen LogP contribution in [0.2, 0.25) is 0 Å². The SMILES string of the molecule is [2H]c1c([2H])c([2H])c(-c2c([2H])c([2H])c(-c3c([2H])c([2H])c(N(c4c([2H])c([2H])c(-c5c([2H])c([2H])c6c(c5[2H])c5c([2H])c([2H])c([2H])c([2H])c5n6-c5c([2H])c([2H])c6c([2H])c([2H])c([2H])c([2H])c6c5[2H])c([2H])c4[2H])c4c([2H])c([2H])c([2H])c([2H])c4-c4c([2H])c([2H])c([2H])c([2H])c4[2H])c([2H])c3[2H])c([2H])c2[2H])c([2H])c1[2H]. The zero-order valence-corrected chi connectivity index (χ0v) is 29.9. The standard InChI is InChI=1S/C58H40N2/c1-3-13-41(14-4-1)43-23-25-44(26-24-43)45-27-33-50(34-28-45)59(56-21-11-9-19-53(56)47-16-5-2-6-17-47)51-35-29-46(30-36-51)49-32-38-58-55(40-49)54-20-10-12-22-57(54)60(58)52-37-31-42-15-7-8-18-48(42)39-52/h1-40H/i1D,2D,3D,4D,5D,6D,7D,8D,9D,10D,11D,12D,13D,14D,15D,16D,17D,18D,19D,20D,21D,22D,23D,24D,25D,26D,27D,28D,29D,30D,31D,32D,33D,34D,35D,36D,37D,38D,39D,40D. The van der Waals surface area contributed by atoms with Crippen LogP contribution in [0.3, 0.4) is 0 Å². The van der Waals surface area contributed by atoms with Gasteiger partial charge in [0.15, 0.2) is 0 Å². The molecule has 1 heterocycles. The molecule has 0 unspecified atom stereocenters. The predicted molar refractivity (Wildman–Crippen MR) is 255 cm³/mol. The summed E-state index contributed by atoms with van der Waals surface area (Å²) in [7, 11) is 0. The first-order chi connectivity index (χ1) is 46.4. The number of fused-ring (bicyclic) bond motifs is 4. The monoisotopic (exact) mass is 805 g/mol. The lowest BCUT2D eigenvalue weighted by Crippen LogP contribution is -2.11. The molecule has 10 aromatic carbocycles. The van der Waals surface area contributed by atoms with Gasteiger partial charge in [0.25, 0.3) is 0 Å². The Morgan fingerprint density at radius 2 is 0.800 bits per heavy atom. The molecule has 0 aliphatic rings. The lowest BCUT2D eigenvalue weighted by atomic mass is 9.99. The van der Waals surface area contributed by atoms with Gasteiger partial charge in [0, 0.05) is 33.4 Å². The fourth-order valence-electron chi connectivity index (χ4n) is 6.13. The summed E-state index contributed by atoms with van der Waals surface area (Å²) >= 11 is 0. The Balaban J connectivity index is 1.29. The topological polar surface area (TPSA) is 8.17 Å². The molecule has 0 aliphatic carbocycles. The fraction of sp³-hybridized carbons (Fsp3) is 0. The molecule has 0 saturated heterocycles. The summed E-state index contributed by atoms with van der Waals surface area (Å²) in [6.45, 7) is 0. The zero-order valence-electron chi connectivity index (χ0n) is 69.9. The summed E-state index contributed by atoms with van der Waals surface area (Å²) in [4.78, 5) is 0.188. The smallest absolute Gasteiger partial charge is 0.0651 e. The van der Waals surface area contributed by atoms with Gasteiger partial charge in [0.2, 0.25) is 0 Å². The van der Waals surface area contributed by atoms with Crippen molar-refractivity contribution in [2.45, 2.75) is 0 Å². The van der Waals surface area contributed by atoms with Gasteiger partial charge in [-0.2, -0.15) is 0 Å². The van der Waals surface area contributed by atoms with Crippen LogP contribution >= 0.6 is 0 Å². The highest BCUT2D eigenvalue weighted by molar-refractivity contribution is 6.10. The molecule has 0 aliphatic heterocycles. The van der Waals surface area contributed by atoms with Crippen molar-refractivity contribution in [2.75, 3.05) is 4.90 Å². The third-order valence-corrected chi connectivity index (χ3v) is 8.81. The quantitative estimate of drug-likeness (QED) is 0.149. The molecular formula is C58H40N2. The zero-order chi connectivity index (χ0) is 74.6. The van der Waals surface area contributed by atoms with Gasteiger partial charge < -0.3 is 9.47 Å². The van der Waals surface area contributed by atoms with E-state index in [0.717, 1.165) is 0 Å². The highest BCUT2D eigenvalue weighted by Crippen LogP contribution is 2.42. The third-order valence-electron chi connectivity index (χ3n) is 8.81. The van der Waals surface area contributed by atoms with E-state index < -0.39 is 342 Å². The van der Waals surface area contributed by atoms with Crippen LogP contribution in [0, 0.1) is 0 Å². The molecule has 0 saturated carbocycles. The minimum absolute atomic E-state index is 0.188. The molecule has 0 bridgehead atoms. The van der Waals surface area contributed by atoms with Gasteiger partial charge in [-0.1, -0.05) is 181 Å². The number of benzene rings is 10. The molecule has 0 spiro atoms. The van der Waals surface area contributed by atoms with Crippen LogP contribution in [0.5, 0.6) is 0 Å². The molecule has 0 radical (unpaired) electrons.